The molecule has 4 saturated carbocycles. The van der Waals surface area contributed by atoms with Gasteiger partial charge in [-0.2, -0.15) is 0 Å². The van der Waals surface area contributed by atoms with Crippen LogP contribution in [0.4, 0.5) is 0 Å². The lowest BCUT2D eigenvalue weighted by atomic mass is 9.53. The van der Waals surface area contributed by atoms with Gasteiger partial charge in [0, 0.05) is 50.2 Å². The van der Waals surface area contributed by atoms with Crippen LogP contribution in [-0.4, -0.2) is 47.9 Å². The fourth-order valence-corrected chi connectivity index (χ4v) is 6.51. The minimum absolute atomic E-state index is 0.466. The normalized spacial score (nSPS) is 37.7. The van der Waals surface area contributed by atoms with Crippen LogP contribution in [0.15, 0.2) is 18.3 Å². The van der Waals surface area contributed by atoms with Crippen LogP contribution in [0.3, 0.4) is 0 Å². The Kier molecular flexibility index (Phi) is 4.39. The Morgan fingerprint density at radius 2 is 1.68 bits per heavy atom. The van der Waals surface area contributed by atoms with E-state index in [0.717, 1.165) is 63.7 Å². The van der Waals surface area contributed by atoms with E-state index in [2.05, 4.69) is 33.1 Å². The Morgan fingerprint density at radius 1 is 1.00 bits per heavy atom. The van der Waals surface area contributed by atoms with Crippen molar-refractivity contribution in [2.45, 2.75) is 57.2 Å². The molecule has 4 aliphatic carbocycles. The van der Waals surface area contributed by atoms with Crippen LogP contribution in [0.2, 0.25) is 0 Å². The van der Waals surface area contributed by atoms with Crippen LogP contribution in [0, 0.1) is 17.8 Å². The molecule has 2 heterocycles. The molecule has 25 heavy (non-hydrogen) atoms. The van der Waals surface area contributed by atoms with Crippen LogP contribution in [-0.2, 0) is 17.8 Å². The lowest BCUT2D eigenvalue weighted by Crippen LogP contribution is -2.58. The Balaban J connectivity index is 1.18. The molecule has 1 saturated heterocycles. The summed E-state index contributed by atoms with van der Waals surface area (Å²) in [6, 6.07) is 4.53. The van der Waals surface area contributed by atoms with Crippen molar-refractivity contribution < 1.29 is 4.74 Å². The lowest BCUT2D eigenvalue weighted by Gasteiger charge is -2.57. The summed E-state index contributed by atoms with van der Waals surface area (Å²) in [7, 11) is 0. The SMILES string of the molecule is c1cc(CNC23CC4CC(CC(C4)C2)C3)n(CCN2CCOCC2)c1. The fraction of sp³-hybridized carbons (Fsp3) is 0.810. The molecule has 1 aromatic heterocycles. The number of nitrogens with zero attached hydrogens (tertiary/aromatic N) is 2. The van der Waals surface area contributed by atoms with Gasteiger partial charge in [0.1, 0.15) is 0 Å². The molecular formula is C21H33N3O. The Bertz CT molecular complexity index is 554. The maximum Gasteiger partial charge on any atom is 0.0594 e. The molecule has 0 unspecified atom stereocenters. The maximum absolute atomic E-state index is 5.46. The van der Waals surface area contributed by atoms with Gasteiger partial charge in [0.2, 0.25) is 0 Å². The van der Waals surface area contributed by atoms with E-state index in [-0.39, 0.29) is 0 Å². The van der Waals surface area contributed by atoms with E-state index in [4.69, 9.17) is 4.74 Å². The first kappa shape index (κ1) is 16.3. The smallest absolute Gasteiger partial charge is 0.0594 e. The van der Waals surface area contributed by atoms with E-state index in [1.165, 1.54) is 44.2 Å². The van der Waals surface area contributed by atoms with Crippen LogP contribution in [0.5, 0.6) is 0 Å². The number of nitrogens with one attached hydrogen (secondary N) is 1. The molecule has 0 amide bonds. The van der Waals surface area contributed by atoms with Crippen molar-refractivity contribution >= 4 is 0 Å². The number of aromatic nitrogens is 1. The largest absolute Gasteiger partial charge is 0.379 e. The minimum atomic E-state index is 0.466. The van der Waals surface area contributed by atoms with E-state index < -0.39 is 0 Å². The molecule has 0 atom stereocenters. The third kappa shape index (κ3) is 3.41. The summed E-state index contributed by atoms with van der Waals surface area (Å²) < 4.78 is 7.92. The monoisotopic (exact) mass is 343 g/mol. The molecule has 1 aromatic rings. The predicted molar refractivity (Wildman–Crippen MR) is 99.4 cm³/mol. The molecule has 5 aliphatic rings. The first-order valence-electron chi connectivity index (χ1n) is 10.5. The highest BCUT2D eigenvalue weighted by molar-refractivity contribution is 5.11. The zero-order chi connectivity index (χ0) is 16.7. The predicted octanol–water partition coefficient (Wildman–Crippen LogP) is 2.88. The van der Waals surface area contributed by atoms with Crippen LogP contribution in [0.1, 0.15) is 44.2 Å². The lowest BCUT2D eigenvalue weighted by molar-refractivity contribution is -0.0208. The number of hydrogen-bond acceptors (Lipinski definition) is 3. The maximum atomic E-state index is 5.46. The summed E-state index contributed by atoms with van der Waals surface area (Å²) in [6.45, 7) is 7.25. The number of rotatable bonds is 6. The number of ether oxygens (including phenoxy) is 1. The van der Waals surface area contributed by atoms with Crippen molar-refractivity contribution in [3.63, 3.8) is 0 Å². The average Bonchev–Trinajstić information content (AvgIpc) is 3.06. The van der Waals surface area contributed by atoms with Crippen molar-refractivity contribution in [1.82, 2.24) is 14.8 Å². The average molecular weight is 344 g/mol. The third-order valence-corrected chi connectivity index (χ3v) is 7.37. The summed E-state index contributed by atoms with van der Waals surface area (Å²) in [6.07, 6.45) is 11.1. The topological polar surface area (TPSA) is 29.4 Å². The molecule has 0 aromatic carbocycles. The van der Waals surface area contributed by atoms with Gasteiger partial charge in [-0.1, -0.05) is 0 Å². The van der Waals surface area contributed by atoms with Gasteiger partial charge in [0.15, 0.2) is 0 Å². The fourth-order valence-electron chi connectivity index (χ4n) is 6.51. The zero-order valence-corrected chi connectivity index (χ0v) is 15.5. The Hall–Kier alpha value is -0.840. The highest BCUT2D eigenvalue weighted by atomic mass is 16.5. The molecule has 0 spiro atoms. The Morgan fingerprint density at radius 3 is 2.36 bits per heavy atom. The van der Waals surface area contributed by atoms with Crippen LogP contribution in [0.25, 0.3) is 0 Å². The van der Waals surface area contributed by atoms with E-state index >= 15 is 0 Å². The van der Waals surface area contributed by atoms with Gasteiger partial charge < -0.3 is 14.6 Å². The molecule has 4 nitrogen and oxygen atoms in total. The van der Waals surface area contributed by atoms with E-state index in [1.54, 1.807) is 0 Å². The summed E-state index contributed by atoms with van der Waals surface area (Å²) in [5, 5.41) is 4.05. The van der Waals surface area contributed by atoms with Crippen molar-refractivity contribution in [1.29, 1.82) is 0 Å². The van der Waals surface area contributed by atoms with Gasteiger partial charge in [0.25, 0.3) is 0 Å². The van der Waals surface area contributed by atoms with E-state index in [0.29, 0.717) is 5.54 Å². The second kappa shape index (κ2) is 6.71. The third-order valence-electron chi connectivity index (χ3n) is 7.37. The second-order valence-electron chi connectivity index (χ2n) is 9.20. The number of morpholine rings is 1. The van der Waals surface area contributed by atoms with Crippen molar-refractivity contribution in [2.75, 3.05) is 32.8 Å². The first-order valence-corrected chi connectivity index (χ1v) is 10.5. The summed E-state index contributed by atoms with van der Waals surface area (Å²) in [5.41, 5.74) is 1.93. The highest BCUT2D eigenvalue weighted by Crippen LogP contribution is 2.55. The number of hydrogen-bond donors (Lipinski definition) is 1. The molecule has 4 bridgehead atoms. The highest BCUT2D eigenvalue weighted by Gasteiger charge is 2.50. The van der Waals surface area contributed by atoms with Crippen LogP contribution >= 0.6 is 0 Å². The van der Waals surface area contributed by atoms with Gasteiger partial charge in [-0.05, 0) is 68.4 Å². The van der Waals surface area contributed by atoms with Gasteiger partial charge in [-0.3, -0.25) is 4.90 Å². The summed E-state index contributed by atoms with van der Waals surface area (Å²) in [5.74, 6) is 3.06. The van der Waals surface area contributed by atoms with Gasteiger partial charge in [0.05, 0.1) is 13.2 Å². The Labute approximate surface area is 151 Å². The van der Waals surface area contributed by atoms with E-state index in [9.17, 15) is 0 Å². The molecule has 4 heteroatoms. The van der Waals surface area contributed by atoms with Crippen molar-refractivity contribution in [2.24, 2.45) is 17.8 Å². The van der Waals surface area contributed by atoms with Gasteiger partial charge in [-0.15, -0.1) is 0 Å². The molecule has 1 N–H and O–H groups in total. The quantitative estimate of drug-likeness (QED) is 0.861. The van der Waals surface area contributed by atoms with Gasteiger partial charge in [-0.25, -0.2) is 0 Å². The van der Waals surface area contributed by atoms with Crippen molar-refractivity contribution in [3.8, 4) is 0 Å². The first-order chi connectivity index (χ1) is 12.3. The molecule has 6 rings (SSSR count). The molecule has 1 aliphatic heterocycles. The molecular weight excluding hydrogens is 310 g/mol. The molecule has 5 fully saturated rings. The van der Waals surface area contributed by atoms with Crippen LogP contribution < -0.4 is 5.32 Å². The molecule has 138 valence electrons. The van der Waals surface area contributed by atoms with Gasteiger partial charge >= 0.3 is 0 Å². The summed E-state index contributed by atoms with van der Waals surface area (Å²) >= 11 is 0. The van der Waals surface area contributed by atoms with E-state index in [1.807, 2.05) is 0 Å². The second-order valence-corrected chi connectivity index (χ2v) is 9.20. The molecule has 0 radical (unpaired) electrons. The zero-order valence-electron chi connectivity index (χ0n) is 15.5. The standard InChI is InChI=1S/C21H33N3O/c1-2-20(24(3-1)5-4-23-6-8-25-9-7-23)16-22-21-13-17-10-18(14-21)12-19(11-17)15-21/h1-3,17-19,22H,4-16H2. The minimum Gasteiger partial charge on any atom is -0.379 e. The van der Waals surface area contributed by atoms with Crippen molar-refractivity contribution in [3.05, 3.63) is 24.0 Å². The summed E-state index contributed by atoms with van der Waals surface area (Å²) in [4.78, 5) is 2.53.